The Balaban J connectivity index is 2.29. The maximum atomic E-state index is 11.5. The van der Waals surface area contributed by atoms with E-state index in [9.17, 15) is 5.21 Å². The molecule has 0 spiro atoms. The fourth-order valence-corrected chi connectivity index (χ4v) is 1.13. The van der Waals surface area contributed by atoms with Gasteiger partial charge < -0.3 is 9.62 Å². The van der Waals surface area contributed by atoms with Gasteiger partial charge in [-0.25, -0.2) is 0 Å². The molecule has 2 aromatic rings. The van der Waals surface area contributed by atoms with Crippen molar-refractivity contribution in [3.8, 4) is 0 Å². The highest BCUT2D eigenvalue weighted by Crippen LogP contribution is 2.09. The van der Waals surface area contributed by atoms with Gasteiger partial charge in [-0.3, -0.25) is 0 Å². The van der Waals surface area contributed by atoms with Crippen molar-refractivity contribution < 1.29 is 9.16 Å². The van der Waals surface area contributed by atoms with E-state index in [2.05, 4.69) is 0 Å². The van der Waals surface area contributed by atoms with Crippen LogP contribution in [0.4, 0.5) is 5.69 Å². The van der Waals surface area contributed by atoms with Gasteiger partial charge in [-0.1, -0.05) is 18.2 Å². The van der Waals surface area contributed by atoms with E-state index in [0.29, 0.717) is 5.69 Å². The zero-order chi connectivity index (χ0) is 9.80. The minimum Gasteiger partial charge on any atom is -0.618 e. The van der Waals surface area contributed by atoms with E-state index in [-0.39, 0.29) is 0 Å². The monoisotopic (exact) mass is 187 g/mol. The Bertz CT molecular complexity index is 418. The molecule has 70 valence electrons. The number of nitrogens with zero attached hydrogens (tertiary/aromatic N) is 1. The summed E-state index contributed by atoms with van der Waals surface area (Å²) in [6, 6.07) is 10.8. The first-order valence-corrected chi connectivity index (χ1v) is 4.25. The minimum atomic E-state index is 0.605. The van der Waals surface area contributed by atoms with Crippen LogP contribution < -0.4 is 0 Å². The first kappa shape index (κ1) is 8.56. The predicted molar refractivity (Wildman–Crippen MR) is 53.6 cm³/mol. The van der Waals surface area contributed by atoms with Crippen molar-refractivity contribution in [2.75, 3.05) is 0 Å². The third-order valence-electron chi connectivity index (χ3n) is 1.82. The van der Waals surface area contributed by atoms with Crippen molar-refractivity contribution in [1.29, 1.82) is 0 Å². The molecule has 1 aromatic carbocycles. The molecule has 14 heavy (non-hydrogen) atoms. The molecule has 1 heterocycles. The lowest BCUT2D eigenvalue weighted by molar-refractivity contribution is -0.354. The molecule has 3 nitrogen and oxygen atoms in total. The number of para-hydroxylation sites is 1. The topological polar surface area (TPSA) is 39.2 Å². The molecule has 0 saturated carbocycles. The largest absolute Gasteiger partial charge is 0.618 e. The second kappa shape index (κ2) is 3.79. The lowest BCUT2D eigenvalue weighted by atomic mass is 10.3. The summed E-state index contributed by atoms with van der Waals surface area (Å²) in [6.45, 7) is 0. The van der Waals surface area contributed by atoms with Crippen molar-refractivity contribution in [3.63, 3.8) is 0 Å². The lowest BCUT2D eigenvalue weighted by Gasteiger charge is -2.00. The molecule has 0 aliphatic carbocycles. The van der Waals surface area contributed by atoms with Crippen molar-refractivity contribution in [3.05, 3.63) is 59.7 Å². The summed E-state index contributed by atoms with van der Waals surface area (Å²) in [7, 11) is 0. The van der Waals surface area contributed by atoms with Crippen molar-refractivity contribution in [1.82, 2.24) is 0 Å². The molecule has 0 saturated heterocycles. The Morgan fingerprint density at radius 1 is 1.14 bits per heavy atom. The Labute approximate surface area is 81.5 Å². The summed E-state index contributed by atoms with van der Waals surface area (Å²) in [4.78, 5) is 0. The summed E-state index contributed by atoms with van der Waals surface area (Å²) in [5.74, 6) is 0. The maximum absolute atomic E-state index is 11.5. The van der Waals surface area contributed by atoms with Gasteiger partial charge in [0, 0.05) is 12.1 Å². The van der Waals surface area contributed by atoms with Crippen LogP contribution in [0.1, 0.15) is 5.56 Å². The molecule has 0 bridgehead atoms. The first-order chi connectivity index (χ1) is 6.86. The molecule has 3 heteroatoms. The third kappa shape index (κ3) is 1.82. The van der Waals surface area contributed by atoms with Crippen molar-refractivity contribution in [2.45, 2.75) is 0 Å². The van der Waals surface area contributed by atoms with E-state index in [1.54, 1.807) is 18.2 Å². The predicted octanol–water partition coefficient (Wildman–Crippen LogP) is 2.54. The molecule has 0 atom stereocenters. The quantitative estimate of drug-likeness (QED) is 0.313. The molecule has 0 unspecified atom stereocenters. The first-order valence-electron chi connectivity index (χ1n) is 4.25. The Morgan fingerprint density at radius 3 is 2.57 bits per heavy atom. The van der Waals surface area contributed by atoms with E-state index in [4.69, 9.17) is 4.42 Å². The second-order valence-electron chi connectivity index (χ2n) is 2.85. The van der Waals surface area contributed by atoms with Crippen LogP contribution in [-0.4, -0.2) is 11.0 Å². The Kier molecular flexibility index (Phi) is 2.32. The van der Waals surface area contributed by atoms with Crippen LogP contribution in [0, 0.1) is 5.21 Å². The number of rotatable bonds is 2. The van der Waals surface area contributed by atoms with Crippen LogP contribution in [0.2, 0.25) is 0 Å². The average Bonchev–Trinajstić information content (AvgIpc) is 2.72. The van der Waals surface area contributed by atoms with Gasteiger partial charge in [0.25, 0.3) is 0 Å². The summed E-state index contributed by atoms with van der Waals surface area (Å²) in [5.41, 5.74) is 1.36. The van der Waals surface area contributed by atoms with Crippen LogP contribution in [0.25, 0.3) is 0 Å². The summed E-state index contributed by atoms with van der Waals surface area (Å²) in [6.07, 6.45) is 4.53. The SMILES string of the molecule is [O-]/[N+](=C\c1ccoc1)c1ccccc1. The third-order valence-corrected chi connectivity index (χ3v) is 1.82. The maximum Gasteiger partial charge on any atom is 0.216 e. The van der Waals surface area contributed by atoms with Crippen LogP contribution in [-0.2, 0) is 0 Å². The molecular weight excluding hydrogens is 178 g/mol. The summed E-state index contributed by atoms with van der Waals surface area (Å²) >= 11 is 0. The molecule has 0 aliphatic heterocycles. The number of furan rings is 1. The Hall–Kier alpha value is -2.03. The number of hydrogen-bond donors (Lipinski definition) is 0. The van der Waals surface area contributed by atoms with Crippen LogP contribution in [0.3, 0.4) is 0 Å². The normalized spacial score (nSPS) is 11.6. The highest BCUT2D eigenvalue weighted by molar-refractivity contribution is 5.75. The summed E-state index contributed by atoms with van der Waals surface area (Å²) < 4.78 is 5.66. The highest BCUT2D eigenvalue weighted by atomic mass is 16.5. The van der Waals surface area contributed by atoms with Crippen molar-refractivity contribution >= 4 is 11.9 Å². The van der Waals surface area contributed by atoms with Gasteiger partial charge in [0.05, 0.1) is 11.8 Å². The Morgan fingerprint density at radius 2 is 1.93 bits per heavy atom. The zero-order valence-corrected chi connectivity index (χ0v) is 7.46. The fraction of sp³-hybridized carbons (Fsp3) is 0. The minimum absolute atomic E-state index is 0.605. The van der Waals surface area contributed by atoms with E-state index < -0.39 is 0 Å². The molecule has 0 radical (unpaired) electrons. The van der Waals surface area contributed by atoms with E-state index in [1.807, 2.05) is 18.2 Å². The lowest BCUT2D eigenvalue weighted by Crippen LogP contribution is -1.96. The molecule has 1 aromatic heterocycles. The van der Waals surface area contributed by atoms with Gasteiger partial charge in [-0.05, 0) is 6.07 Å². The van der Waals surface area contributed by atoms with Crippen LogP contribution in [0.5, 0.6) is 0 Å². The van der Waals surface area contributed by atoms with E-state index in [1.165, 1.54) is 18.7 Å². The number of hydrogen-bond acceptors (Lipinski definition) is 2. The molecular formula is C11H9NO2. The second-order valence-corrected chi connectivity index (χ2v) is 2.85. The van der Waals surface area contributed by atoms with Gasteiger partial charge in [0.15, 0.2) is 6.21 Å². The fourth-order valence-electron chi connectivity index (χ4n) is 1.13. The smallest absolute Gasteiger partial charge is 0.216 e. The van der Waals surface area contributed by atoms with Gasteiger partial charge in [0.1, 0.15) is 6.26 Å². The number of benzene rings is 1. The van der Waals surface area contributed by atoms with Gasteiger partial charge in [-0.2, -0.15) is 4.74 Å². The molecule has 2 rings (SSSR count). The molecule has 0 fully saturated rings. The van der Waals surface area contributed by atoms with Crippen LogP contribution in [0.15, 0.2) is 53.3 Å². The molecule has 0 amide bonds. The summed E-state index contributed by atoms with van der Waals surface area (Å²) in [5, 5.41) is 11.5. The van der Waals surface area contributed by atoms with Gasteiger partial charge >= 0.3 is 0 Å². The van der Waals surface area contributed by atoms with Crippen LogP contribution >= 0.6 is 0 Å². The highest BCUT2D eigenvalue weighted by Gasteiger charge is 2.00. The molecule has 0 N–H and O–H groups in total. The van der Waals surface area contributed by atoms with Gasteiger partial charge in [-0.15, -0.1) is 0 Å². The van der Waals surface area contributed by atoms with E-state index >= 15 is 0 Å². The standard InChI is InChI=1S/C11H9NO2/c13-12(8-10-6-7-14-9-10)11-4-2-1-3-5-11/h1-9H/b12-8-. The van der Waals surface area contributed by atoms with Crippen molar-refractivity contribution in [2.24, 2.45) is 0 Å². The molecule has 0 aliphatic rings. The average molecular weight is 187 g/mol. The zero-order valence-electron chi connectivity index (χ0n) is 7.46. The van der Waals surface area contributed by atoms with Gasteiger partial charge in [0.2, 0.25) is 5.69 Å². The van der Waals surface area contributed by atoms with E-state index in [0.717, 1.165) is 10.3 Å².